The molecule has 0 fully saturated rings. The Balaban J connectivity index is 1.77. The second-order valence-corrected chi connectivity index (χ2v) is 7.88. The maximum atomic E-state index is 13.0. The molecule has 0 aliphatic carbocycles. The molecule has 0 spiro atoms. The number of methoxy groups -OCH3 is 1. The summed E-state index contributed by atoms with van der Waals surface area (Å²) in [6.07, 6.45) is 1.66. The fraction of sp³-hybridized carbons (Fsp3) is 0.0476. The van der Waals surface area contributed by atoms with Crippen LogP contribution < -0.4 is 9.46 Å². The molecule has 1 heterocycles. The van der Waals surface area contributed by atoms with Crippen LogP contribution in [-0.4, -0.2) is 25.1 Å². The maximum absolute atomic E-state index is 13.0. The zero-order valence-electron chi connectivity index (χ0n) is 15.4. The Labute approximate surface area is 167 Å². The second kappa shape index (κ2) is 7.30. The highest BCUT2D eigenvalue weighted by Gasteiger charge is 2.19. The van der Waals surface area contributed by atoms with Gasteiger partial charge in [-0.25, -0.2) is 13.4 Å². The van der Waals surface area contributed by atoms with E-state index in [4.69, 9.17) is 10.00 Å². The van der Waals surface area contributed by atoms with E-state index >= 15 is 0 Å². The van der Waals surface area contributed by atoms with Crippen LogP contribution >= 0.6 is 0 Å². The number of nitriles is 1. The zero-order chi connectivity index (χ0) is 20.4. The standard InChI is InChI=1S/C21H16N4O3S/c1-28-21-12-16(11-10-15(21)13-22)29(26,27)24-18-7-3-5-9-20(18)25-14-23-17-6-2-4-8-19(17)25/h2-12,14,24H,1H3. The highest BCUT2D eigenvalue weighted by molar-refractivity contribution is 7.92. The number of hydrogen-bond acceptors (Lipinski definition) is 5. The van der Waals surface area contributed by atoms with Gasteiger partial charge in [-0.3, -0.25) is 9.29 Å². The molecule has 0 aliphatic heterocycles. The summed E-state index contributed by atoms with van der Waals surface area (Å²) in [4.78, 5) is 4.37. The largest absolute Gasteiger partial charge is 0.495 e. The lowest BCUT2D eigenvalue weighted by Gasteiger charge is -2.14. The summed E-state index contributed by atoms with van der Waals surface area (Å²) in [6, 6.07) is 20.8. The Bertz CT molecular complexity index is 1350. The molecular formula is C21H16N4O3S. The van der Waals surface area contributed by atoms with Gasteiger partial charge in [0.15, 0.2) is 0 Å². The van der Waals surface area contributed by atoms with Crippen LogP contribution in [0.1, 0.15) is 5.56 Å². The fourth-order valence-corrected chi connectivity index (χ4v) is 4.15. The van der Waals surface area contributed by atoms with Crippen molar-refractivity contribution in [3.8, 4) is 17.5 Å². The molecule has 0 unspecified atom stereocenters. The minimum atomic E-state index is -3.91. The lowest BCUT2D eigenvalue weighted by atomic mass is 10.2. The molecule has 0 radical (unpaired) electrons. The van der Waals surface area contributed by atoms with E-state index < -0.39 is 10.0 Å². The molecule has 0 aliphatic rings. The van der Waals surface area contributed by atoms with Gasteiger partial charge in [0.2, 0.25) is 0 Å². The topological polar surface area (TPSA) is 97.0 Å². The van der Waals surface area contributed by atoms with Crippen LogP contribution in [0.25, 0.3) is 16.7 Å². The van der Waals surface area contributed by atoms with E-state index in [0.29, 0.717) is 11.4 Å². The molecule has 144 valence electrons. The van der Waals surface area contributed by atoms with E-state index in [0.717, 1.165) is 11.0 Å². The van der Waals surface area contributed by atoms with Gasteiger partial charge in [0, 0.05) is 6.07 Å². The van der Waals surface area contributed by atoms with Crippen molar-refractivity contribution in [2.24, 2.45) is 0 Å². The summed E-state index contributed by atoms with van der Waals surface area (Å²) in [5, 5.41) is 9.10. The maximum Gasteiger partial charge on any atom is 0.262 e. The van der Waals surface area contributed by atoms with Crippen LogP contribution in [0, 0.1) is 11.3 Å². The van der Waals surface area contributed by atoms with Crippen LogP contribution in [0.15, 0.2) is 78.0 Å². The third-order valence-electron chi connectivity index (χ3n) is 4.47. The van der Waals surface area contributed by atoms with Crippen LogP contribution in [0.4, 0.5) is 5.69 Å². The van der Waals surface area contributed by atoms with Crippen LogP contribution in [0.3, 0.4) is 0 Å². The van der Waals surface area contributed by atoms with Crippen molar-refractivity contribution in [1.82, 2.24) is 9.55 Å². The van der Waals surface area contributed by atoms with E-state index in [1.165, 1.54) is 25.3 Å². The number of aromatic nitrogens is 2. The van der Waals surface area contributed by atoms with Crippen molar-refractivity contribution in [1.29, 1.82) is 5.26 Å². The molecule has 1 N–H and O–H groups in total. The lowest BCUT2D eigenvalue weighted by Crippen LogP contribution is -2.15. The van der Waals surface area contributed by atoms with E-state index in [-0.39, 0.29) is 16.2 Å². The average molecular weight is 404 g/mol. The zero-order valence-corrected chi connectivity index (χ0v) is 16.2. The predicted octanol–water partition coefficient (Wildman–Crippen LogP) is 3.71. The number of anilines is 1. The minimum absolute atomic E-state index is 0.00126. The Kier molecular flexibility index (Phi) is 4.66. The van der Waals surface area contributed by atoms with Crippen molar-refractivity contribution < 1.29 is 13.2 Å². The van der Waals surface area contributed by atoms with Crippen LogP contribution in [0.5, 0.6) is 5.75 Å². The molecular weight excluding hydrogens is 388 g/mol. The van der Waals surface area contributed by atoms with Crippen molar-refractivity contribution >= 4 is 26.7 Å². The normalized spacial score (nSPS) is 11.2. The number of benzene rings is 3. The van der Waals surface area contributed by atoms with E-state index in [2.05, 4.69) is 9.71 Å². The van der Waals surface area contributed by atoms with Gasteiger partial charge in [-0.2, -0.15) is 5.26 Å². The summed E-state index contributed by atoms with van der Waals surface area (Å²) < 4.78 is 35.5. The van der Waals surface area contributed by atoms with Gasteiger partial charge in [-0.15, -0.1) is 0 Å². The molecule has 4 rings (SSSR count). The van der Waals surface area contributed by atoms with E-state index in [1.807, 2.05) is 47.0 Å². The van der Waals surface area contributed by atoms with Crippen LogP contribution in [0.2, 0.25) is 0 Å². The molecule has 7 nitrogen and oxygen atoms in total. The molecule has 0 saturated carbocycles. The summed E-state index contributed by atoms with van der Waals surface area (Å²) in [5.74, 6) is 0.198. The SMILES string of the molecule is COc1cc(S(=O)(=O)Nc2ccccc2-n2cnc3ccccc32)ccc1C#N. The van der Waals surface area contributed by atoms with Crippen molar-refractivity contribution in [3.05, 3.63) is 78.6 Å². The number of ether oxygens (including phenoxy) is 1. The lowest BCUT2D eigenvalue weighted by molar-refractivity contribution is 0.412. The fourth-order valence-electron chi connectivity index (χ4n) is 3.06. The average Bonchev–Trinajstić information content (AvgIpc) is 3.17. The Morgan fingerprint density at radius 2 is 1.83 bits per heavy atom. The van der Waals surface area contributed by atoms with Gasteiger partial charge in [-0.05, 0) is 36.4 Å². The highest BCUT2D eigenvalue weighted by Crippen LogP contribution is 2.28. The first-order chi connectivity index (χ1) is 14.0. The Hall–Kier alpha value is -3.83. The molecule has 0 bridgehead atoms. The van der Waals surface area contributed by atoms with Gasteiger partial charge in [0.05, 0.1) is 40.0 Å². The summed E-state index contributed by atoms with van der Waals surface area (Å²) >= 11 is 0. The molecule has 29 heavy (non-hydrogen) atoms. The van der Waals surface area contributed by atoms with Gasteiger partial charge < -0.3 is 4.74 Å². The van der Waals surface area contributed by atoms with E-state index in [1.54, 1.807) is 18.5 Å². The van der Waals surface area contributed by atoms with Crippen molar-refractivity contribution in [2.75, 3.05) is 11.8 Å². The third-order valence-corrected chi connectivity index (χ3v) is 5.83. The Morgan fingerprint density at radius 1 is 1.07 bits per heavy atom. The highest BCUT2D eigenvalue weighted by atomic mass is 32.2. The smallest absolute Gasteiger partial charge is 0.262 e. The number of nitrogens with zero attached hydrogens (tertiary/aromatic N) is 3. The predicted molar refractivity (Wildman–Crippen MR) is 110 cm³/mol. The first kappa shape index (κ1) is 18.5. The van der Waals surface area contributed by atoms with Crippen molar-refractivity contribution in [3.63, 3.8) is 0 Å². The third kappa shape index (κ3) is 3.39. The molecule has 0 atom stereocenters. The molecule has 0 amide bonds. The van der Waals surface area contributed by atoms with Gasteiger partial charge >= 0.3 is 0 Å². The monoisotopic (exact) mass is 404 g/mol. The quantitative estimate of drug-likeness (QED) is 0.547. The number of sulfonamides is 1. The molecule has 0 saturated heterocycles. The molecule has 4 aromatic rings. The number of fused-ring (bicyclic) bond motifs is 1. The Morgan fingerprint density at radius 3 is 2.62 bits per heavy atom. The minimum Gasteiger partial charge on any atom is -0.495 e. The van der Waals surface area contributed by atoms with Gasteiger partial charge in [0.25, 0.3) is 10.0 Å². The first-order valence-electron chi connectivity index (χ1n) is 8.66. The van der Waals surface area contributed by atoms with E-state index in [9.17, 15) is 8.42 Å². The first-order valence-corrected chi connectivity index (χ1v) is 10.1. The number of hydrogen-bond donors (Lipinski definition) is 1. The van der Waals surface area contributed by atoms with Crippen molar-refractivity contribution in [2.45, 2.75) is 4.90 Å². The molecule has 8 heteroatoms. The number of para-hydroxylation sites is 4. The second-order valence-electron chi connectivity index (χ2n) is 6.20. The number of imidazole rings is 1. The molecule has 3 aromatic carbocycles. The van der Waals surface area contributed by atoms with Crippen LogP contribution in [-0.2, 0) is 10.0 Å². The molecule has 1 aromatic heterocycles. The summed E-state index contributed by atoms with van der Waals surface area (Å²) in [5.41, 5.74) is 2.97. The number of rotatable bonds is 5. The van der Waals surface area contributed by atoms with Gasteiger partial charge in [-0.1, -0.05) is 24.3 Å². The number of nitrogens with one attached hydrogen (secondary N) is 1. The summed E-state index contributed by atoms with van der Waals surface area (Å²) in [7, 11) is -2.52. The summed E-state index contributed by atoms with van der Waals surface area (Å²) in [6.45, 7) is 0. The van der Waals surface area contributed by atoms with Gasteiger partial charge in [0.1, 0.15) is 18.1 Å².